The van der Waals surface area contributed by atoms with E-state index in [2.05, 4.69) is 9.72 Å². The molecule has 1 aromatic heterocycles. The Balaban J connectivity index is 2.70. The fourth-order valence-electron chi connectivity index (χ4n) is 1.47. The van der Waals surface area contributed by atoms with Gasteiger partial charge in [0.2, 0.25) is 5.82 Å². The SMILES string of the molecule is COC(=O)c1nc2cc(S(=O)(=O)O)ccc2n1N. The predicted octanol–water partition coefficient (Wildman–Crippen LogP) is -0.217. The second kappa shape index (κ2) is 3.96. The molecule has 0 aliphatic carbocycles. The first-order chi connectivity index (χ1) is 8.34. The molecule has 9 heteroatoms. The van der Waals surface area contributed by atoms with Crippen LogP contribution in [-0.4, -0.2) is 35.7 Å². The van der Waals surface area contributed by atoms with Gasteiger partial charge in [-0.05, 0) is 18.2 Å². The molecule has 1 heterocycles. The minimum Gasteiger partial charge on any atom is -0.463 e. The maximum atomic E-state index is 11.3. The number of nitrogens with two attached hydrogens (primary N) is 1. The highest BCUT2D eigenvalue weighted by Gasteiger charge is 2.18. The molecule has 0 atom stereocenters. The zero-order valence-corrected chi connectivity index (χ0v) is 10.0. The van der Waals surface area contributed by atoms with Crippen LogP contribution in [0.3, 0.4) is 0 Å². The molecule has 0 aliphatic rings. The highest BCUT2D eigenvalue weighted by Crippen LogP contribution is 2.19. The first-order valence-electron chi connectivity index (χ1n) is 4.68. The fourth-order valence-corrected chi connectivity index (χ4v) is 1.97. The number of imidazole rings is 1. The third kappa shape index (κ3) is 1.89. The number of fused-ring (bicyclic) bond motifs is 1. The van der Waals surface area contributed by atoms with E-state index >= 15 is 0 Å². The Morgan fingerprint density at radius 3 is 2.72 bits per heavy atom. The number of esters is 1. The van der Waals surface area contributed by atoms with Crippen molar-refractivity contribution in [1.29, 1.82) is 0 Å². The molecular weight excluding hydrogens is 262 g/mol. The first kappa shape index (κ1) is 12.3. The summed E-state index contributed by atoms with van der Waals surface area (Å²) in [7, 11) is -3.16. The molecule has 0 bridgehead atoms. The predicted molar refractivity (Wildman–Crippen MR) is 61.0 cm³/mol. The molecule has 0 amide bonds. The summed E-state index contributed by atoms with van der Waals surface area (Å²) in [6.45, 7) is 0. The molecule has 18 heavy (non-hydrogen) atoms. The van der Waals surface area contributed by atoms with E-state index in [-0.39, 0.29) is 16.2 Å². The lowest BCUT2D eigenvalue weighted by molar-refractivity contribution is 0.0584. The van der Waals surface area contributed by atoms with E-state index in [4.69, 9.17) is 10.4 Å². The van der Waals surface area contributed by atoms with Crippen LogP contribution in [0, 0.1) is 0 Å². The van der Waals surface area contributed by atoms with Crippen molar-refractivity contribution in [3.05, 3.63) is 24.0 Å². The number of ether oxygens (including phenoxy) is 1. The Labute approximate surface area is 102 Å². The van der Waals surface area contributed by atoms with E-state index in [0.29, 0.717) is 5.52 Å². The molecule has 1 aromatic carbocycles. The monoisotopic (exact) mass is 271 g/mol. The molecule has 0 fully saturated rings. The molecule has 2 rings (SSSR count). The largest absolute Gasteiger partial charge is 0.463 e. The summed E-state index contributed by atoms with van der Waals surface area (Å²) in [6, 6.07) is 3.60. The average molecular weight is 271 g/mol. The minimum atomic E-state index is -4.33. The molecule has 0 saturated carbocycles. The van der Waals surface area contributed by atoms with Gasteiger partial charge in [0.15, 0.2) is 0 Å². The van der Waals surface area contributed by atoms with Gasteiger partial charge in [0.05, 0.1) is 23.0 Å². The van der Waals surface area contributed by atoms with Gasteiger partial charge < -0.3 is 10.6 Å². The lowest BCUT2D eigenvalue weighted by Crippen LogP contribution is -2.17. The topological polar surface area (TPSA) is 125 Å². The molecule has 0 radical (unpaired) electrons. The van der Waals surface area contributed by atoms with Crippen molar-refractivity contribution in [2.24, 2.45) is 0 Å². The molecule has 0 spiro atoms. The van der Waals surface area contributed by atoms with E-state index in [1.165, 1.54) is 13.2 Å². The molecular formula is C9H9N3O5S. The maximum absolute atomic E-state index is 11.3. The number of carbonyl (C=O) groups excluding carboxylic acids is 1. The Morgan fingerprint density at radius 1 is 1.50 bits per heavy atom. The number of benzene rings is 1. The summed E-state index contributed by atoms with van der Waals surface area (Å²) in [5, 5.41) is 0. The van der Waals surface area contributed by atoms with Crippen molar-refractivity contribution in [2.75, 3.05) is 13.0 Å². The molecule has 8 nitrogen and oxygen atoms in total. The van der Waals surface area contributed by atoms with E-state index in [9.17, 15) is 13.2 Å². The number of nitrogen functional groups attached to an aromatic ring is 1. The Morgan fingerprint density at radius 2 is 2.17 bits per heavy atom. The zero-order chi connectivity index (χ0) is 13.5. The van der Waals surface area contributed by atoms with Crippen LogP contribution in [-0.2, 0) is 14.9 Å². The molecule has 2 aromatic rings. The summed E-state index contributed by atoms with van der Waals surface area (Å²) in [5.41, 5.74) is 0.496. The van der Waals surface area contributed by atoms with Gasteiger partial charge >= 0.3 is 5.97 Å². The summed E-state index contributed by atoms with van der Waals surface area (Å²) in [5.74, 6) is 4.70. The van der Waals surface area contributed by atoms with E-state index in [1.54, 1.807) is 0 Å². The normalized spacial score (nSPS) is 11.7. The smallest absolute Gasteiger partial charge is 0.376 e. The standard InChI is InChI=1S/C9H9N3O5S/c1-17-9(13)8-11-6-4-5(18(14,15)16)2-3-7(6)12(8)10/h2-4H,10H2,1H3,(H,14,15,16). The fraction of sp³-hybridized carbons (Fsp3) is 0.111. The Bertz CT molecular complexity index is 734. The molecule has 0 unspecified atom stereocenters. The van der Waals surface area contributed by atoms with Crippen LogP contribution in [0.1, 0.15) is 10.6 Å². The van der Waals surface area contributed by atoms with Gasteiger partial charge in [-0.3, -0.25) is 4.55 Å². The summed E-state index contributed by atoms with van der Waals surface area (Å²) >= 11 is 0. The van der Waals surface area contributed by atoms with Gasteiger partial charge in [-0.25, -0.2) is 14.5 Å². The third-order valence-corrected chi connectivity index (χ3v) is 3.18. The van der Waals surface area contributed by atoms with E-state index in [0.717, 1.165) is 16.8 Å². The van der Waals surface area contributed by atoms with Crippen LogP contribution in [0.15, 0.2) is 23.1 Å². The van der Waals surface area contributed by atoms with Crippen LogP contribution in [0.2, 0.25) is 0 Å². The minimum absolute atomic E-state index is 0.160. The van der Waals surface area contributed by atoms with Crippen LogP contribution in [0.25, 0.3) is 11.0 Å². The van der Waals surface area contributed by atoms with Crippen molar-refractivity contribution in [1.82, 2.24) is 9.66 Å². The van der Waals surface area contributed by atoms with Gasteiger partial charge in [-0.15, -0.1) is 0 Å². The van der Waals surface area contributed by atoms with Gasteiger partial charge in [-0.1, -0.05) is 0 Å². The first-order valence-corrected chi connectivity index (χ1v) is 6.12. The Hall–Kier alpha value is -2.13. The molecule has 0 aliphatic heterocycles. The molecule has 96 valence electrons. The number of hydrogen-bond acceptors (Lipinski definition) is 6. The second-order valence-electron chi connectivity index (χ2n) is 3.42. The van der Waals surface area contributed by atoms with Crippen LogP contribution < -0.4 is 5.84 Å². The lowest BCUT2D eigenvalue weighted by atomic mass is 10.3. The van der Waals surface area contributed by atoms with Gasteiger partial charge in [-0.2, -0.15) is 8.42 Å². The highest BCUT2D eigenvalue weighted by molar-refractivity contribution is 7.85. The number of nitrogens with zero attached hydrogens (tertiary/aromatic N) is 2. The zero-order valence-electron chi connectivity index (χ0n) is 9.19. The number of rotatable bonds is 2. The van der Waals surface area contributed by atoms with E-state index < -0.39 is 16.1 Å². The van der Waals surface area contributed by atoms with Crippen molar-refractivity contribution in [3.8, 4) is 0 Å². The molecule has 3 N–H and O–H groups in total. The number of aromatic nitrogens is 2. The van der Waals surface area contributed by atoms with Crippen LogP contribution in [0.5, 0.6) is 0 Å². The van der Waals surface area contributed by atoms with Crippen molar-refractivity contribution in [2.45, 2.75) is 4.90 Å². The molecule has 0 saturated heterocycles. The quantitative estimate of drug-likeness (QED) is 0.439. The van der Waals surface area contributed by atoms with Gasteiger partial charge in [0.25, 0.3) is 10.1 Å². The maximum Gasteiger partial charge on any atom is 0.376 e. The van der Waals surface area contributed by atoms with Crippen LogP contribution in [0.4, 0.5) is 0 Å². The number of methoxy groups -OCH3 is 1. The van der Waals surface area contributed by atoms with Crippen molar-refractivity contribution < 1.29 is 22.5 Å². The average Bonchev–Trinajstić information content (AvgIpc) is 2.64. The number of hydrogen-bond donors (Lipinski definition) is 2. The highest BCUT2D eigenvalue weighted by atomic mass is 32.2. The second-order valence-corrected chi connectivity index (χ2v) is 4.84. The van der Waals surface area contributed by atoms with E-state index in [1.807, 2.05) is 0 Å². The summed E-state index contributed by atoms with van der Waals surface area (Å²) in [4.78, 5) is 14.8. The Kier molecular flexibility index (Phi) is 2.71. The lowest BCUT2D eigenvalue weighted by Gasteiger charge is -1.99. The van der Waals surface area contributed by atoms with Crippen LogP contribution >= 0.6 is 0 Å². The van der Waals surface area contributed by atoms with Gasteiger partial charge in [0, 0.05) is 0 Å². The third-order valence-electron chi connectivity index (χ3n) is 2.33. The summed E-state index contributed by atoms with van der Waals surface area (Å²) in [6.07, 6.45) is 0. The van der Waals surface area contributed by atoms with Crippen molar-refractivity contribution in [3.63, 3.8) is 0 Å². The number of carbonyl (C=O) groups is 1. The van der Waals surface area contributed by atoms with Gasteiger partial charge in [0.1, 0.15) is 0 Å². The summed E-state index contributed by atoms with van der Waals surface area (Å²) < 4.78 is 36.3. The van der Waals surface area contributed by atoms with Crippen molar-refractivity contribution >= 4 is 27.1 Å².